The SMILES string of the molecule is O=C(c1cccc(-c2cnc3c(c2)C=C(c2ccccc2)C3)n1)N1CCC(n2ccnc2)C1. The second kappa shape index (κ2) is 8.13. The number of hydrogen-bond donors (Lipinski definition) is 0. The molecule has 1 atom stereocenters. The van der Waals surface area contributed by atoms with Crippen LogP contribution >= 0.6 is 0 Å². The van der Waals surface area contributed by atoms with Gasteiger partial charge < -0.3 is 9.47 Å². The fourth-order valence-corrected chi connectivity index (χ4v) is 4.71. The summed E-state index contributed by atoms with van der Waals surface area (Å²) in [6, 6.07) is 18.4. The van der Waals surface area contributed by atoms with Crippen LogP contribution in [0.1, 0.15) is 39.8 Å². The van der Waals surface area contributed by atoms with E-state index in [0.717, 1.165) is 41.9 Å². The van der Waals surface area contributed by atoms with E-state index >= 15 is 0 Å². The summed E-state index contributed by atoms with van der Waals surface area (Å²) >= 11 is 0. The maximum absolute atomic E-state index is 13.1. The van der Waals surface area contributed by atoms with Gasteiger partial charge in [0.25, 0.3) is 5.91 Å². The maximum Gasteiger partial charge on any atom is 0.272 e. The predicted molar refractivity (Wildman–Crippen MR) is 127 cm³/mol. The van der Waals surface area contributed by atoms with Crippen LogP contribution in [0.25, 0.3) is 22.9 Å². The smallest absolute Gasteiger partial charge is 0.272 e. The third-order valence-corrected chi connectivity index (χ3v) is 6.50. The second-order valence-electron chi connectivity index (χ2n) is 8.58. The predicted octanol–water partition coefficient (Wildman–Crippen LogP) is 4.52. The van der Waals surface area contributed by atoms with E-state index < -0.39 is 0 Å². The Balaban J connectivity index is 1.23. The quantitative estimate of drug-likeness (QED) is 0.475. The Hall–Kier alpha value is -4.06. The van der Waals surface area contributed by atoms with Gasteiger partial charge in [-0.3, -0.25) is 9.78 Å². The largest absolute Gasteiger partial charge is 0.335 e. The van der Waals surface area contributed by atoms with Crippen LogP contribution in [0, 0.1) is 0 Å². The van der Waals surface area contributed by atoms with E-state index in [1.807, 2.05) is 41.8 Å². The van der Waals surface area contributed by atoms with Crippen LogP contribution in [0.5, 0.6) is 0 Å². The van der Waals surface area contributed by atoms with Crippen LogP contribution in [0.3, 0.4) is 0 Å². The molecule has 1 aliphatic heterocycles. The van der Waals surface area contributed by atoms with Gasteiger partial charge in [0.1, 0.15) is 5.69 Å². The van der Waals surface area contributed by atoms with Crippen molar-refractivity contribution in [3.8, 4) is 11.3 Å². The Kier molecular flexibility index (Phi) is 4.83. The number of carbonyl (C=O) groups excluding carboxylic acids is 1. The molecule has 3 aromatic heterocycles. The monoisotopic (exact) mass is 433 g/mol. The van der Waals surface area contributed by atoms with E-state index in [-0.39, 0.29) is 11.9 Å². The molecule has 6 rings (SSSR count). The van der Waals surface area contributed by atoms with Gasteiger partial charge in [0.05, 0.1) is 23.8 Å². The fraction of sp³-hybridized carbons (Fsp3) is 0.185. The van der Waals surface area contributed by atoms with E-state index in [4.69, 9.17) is 9.97 Å². The molecule has 1 aliphatic carbocycles. The molecular formula is C27H23N5O. The Morgan fingerprint density at radius 3 is 2.79 bits per heavy atom. The molecule has 33 heavy (non-hydrogen) atoms. The second-order valence-corrected chi connectivity index (χ2v) is 8.58. The molecule has 0 N–H and O–H groups in total. The van der Waals surface area contributed by atoms with Crippen molar-refractivity contribution in [2.45, 2.75) is 18.9 Å². The summed E-state index contributed by atoms with van der Waals surface area (Å²) in [5, 5.41) is 0. The first-order chi connectivity index (χ1) is 16.2. The molecule has 0 saturated carbocycles. The van der Waals surface area contributed by atoms with Crippen molar-refractivity contribution in [3.05, 3.63) is 102 Å². The average Bonchev–Trinajstić information content (AvgIpc) is 3.64. The number of rotatable bonds is 4. The number of imidazole rings is 1. The number of hydrogen-bond acceptors (Lipinski definition) is 4. The van der Waals surface area contributed by atoms with E-state index in [0.29, 0.717) is 12.2 Å². The molecule has 4 aromatic rings. The summed E-state index contributed by atoms with van der Waals surface area (Å²) in [4.78, 5) is 28.6. The number of fused-ring (bicyclic) bond motifs is 1. The van der Waals surface area contributed by atoms with Gasteiger partial charge in [0, 0.05) is 43.7 Å². The topological polar surface area (TPSA) is 63.9 Å². The molecular weight excluding hydrogens is 410 g/mol. The van der Waals surface area contributed by atoms with Crippen molar-refractivity contribution in [1.29, 1.82) is 0 Å². The first-order valence-corrected chi connectivity index (χ1v) is 11.2. The maximum atomic E-state index is 13.1. The highest BCUT2D eigenvalue weighted by Crippen LogP contribution is 2.32. The zero-order valence-corrected chi connectivity index (χ0v) is 18.1. The standard InChI is InChI=1S/C27H23N5O/c33-27(31-11-9-23(17-31)32-12-10-28-18-32)25-8-4-7-24(30-25)22-14-21-13-20(15-26(21)29-16-22)19-5-2-1-3-6-19/h1-8,10,12-14,16,18,23H,9,11,15,17H2. The lowest BCUT2D eigenvalue weighted by Gasteiger charge is -2.17. The Bertz CT molecular complexity index is 1340. The van der Waals surface area contributed by atoms with E-state index in [1.54, 1.807) is 12.3 Å². The van der Waals surface area contributed by atoms with Crippen molar-refractivity contribution in [1.82, 2.24) is 24.4 Å². The molecule has 1 unspecified atom stereocenters. The van der Waals surface area contributed by atoms with Crippen LogP contribution in [0.4, 0.5) is 0 Å². The molecule has 6 nitrogen and oxygen atoms in total. The van der Waals surface area contributed by atoms with Crippen molar-refractivity contribution in [2.75, 3.05) is 13.1 Å². The Labute approximate surface area is 192 Å². The lowest BCUT2D eigenvalue weighted by molar-refractivity contribution is 0.0782. The molecule has 162 valence electrons. The fourth-order valence-electron chi connectivity index (χ4n) is 4.71. The first kappa shape index (κ1) is 19.6. The first-order valence-electron chi connectivity index (χ1n) is 11.2. The van der Waals surface area contributed by atoms with Crippen molar-refractivity contribution < 1.29 is 4.79 Å². The summed E-state index contributed by atoms with van der Waals surface area (Å²) in [6.45, 7) is 1.40. The molecule has 1 fully saturated rings. The average molecular weight is 434 g/mol. The summed E-state index contributed by atoms with van der Waals surface area (Å²) in [5.74, 6) is -0.0279. The van der Waals surface area contributed by atoms with Crippen molar-refractivity contribution in [2.24, 2.45) is 0 Å². The highest BCUT2D eigenvalue weighted by atomic mass is 16.2. The molecule has 0 radical (unpaired) electrons. The molecule has 0 bridgehead atoms. The minimum atomic E-state index is -0.0279. The van der Waals surface area contributed by atoms with Gasteiger partial charge in [0.2, 0.25) is 0 Å². The van der Waals surface area contributed by atoms with Gasteiger partial charge in [-0.05, 0) is 47.4 Å². The van der Waals surface area contributed by atoms with Gasteiger partial charge in [-0.15, -0.1) is 0 Å². The number of aromatic nitrogens is 4. The number of pyridine rings is 2. The molecule has 6 heteroatoms. The minimum Gasteiger partial charge on any atom is -0.335 e. The number of carbonyl (C=O) groups is 1. The zero-order valence-electron chi connectivity index (χ0n) is 18.1. The molecule has 1 saturated heterocycles. The Morgan fingerprint density at radius 1 is 1.03 bits per heavy atom. The van der Waals surface area contributed by atoms with Gasteiger partial charge in [0.15, 0.2) is 0 Å². The Morgan fingerprint density at radius 2 is 1.94 bits per heavy atom. The molecule has 1 amide bonds. The third kappa shape index (κ3) is 3.74. The summed E-state index contributed by atoms with van der Waals surface area (Å²) in [6.07, 6.45) is 11.4. The number of allylic oxidation sites excluding steroid dienone is 1. The third-order valence-electron chi connectivity index (χ3n) is 6.50. The van der Waals surface area contributed by atoms with Crippen LogP contribution in [-0.4, -0.2) is 43.4 Å². The van der Waals surface area contributed by atoms with Gasteiger partial charge in [-0.1, -0.05) is 36.4 Å². The van der Waals surface area contributed by atoms with E-state index in [9.17, 15) is 4.79 Å². The lowest BCUT2D eigenvalue weighted by Crippen LogP contribution is -2.29. The van der Waals surface area contributed by atoms with Gasteiger partial charge >= 0.3 is 0 Å². The van der Waals surface area contributed by atoms with E-state index in [2.05, 4.69) is 46.0 Å². The van der Waals surface area contributed by atoms with Crippen molar-refractivity contribution >= 4 is 17.6 Å². The molecule has 0 spiro atoms. The normalized spacial score (nSPS) is 17.2. The van der Waals surface area contributed by atoms with Crippen LogP contribution in [-0.2, 0) is 6.42 Å². The van der Waals surface area contributed by atoms with Gasteiger partial charge in [-0.25, -0.2) is 9.97 Å². The number of benzene rings is 1. The molecule has 1 aromatic carbocycles. The number of nitrogens with zero attached hydrogens (tertiary/aromatic N) is 5. The van der Waals surface area contributed by atoms with Crippen molar-refractivity contribution in [3.63, 3.8) is 0 Å². The highest BCUT2D eigenvalue weighted by Gasteiger charge is 2.28. The number of likely N-dealkylation sites (tertiary alicyclic amines) is 1. The molecule has 2 aliphatic rings. The van der Waals surface area contributed by atoms with E-state index in [1.165, 1.54) is 11.1 Å². The zero-order chi connectivity index (χ0) is 22.2. The minimum absolute atomic E-state index is 0.0279. The van der Waals surface area contributed by atoms with Crippen LogP contribution < -0.4 is 0 Å². The summed E-state index contributed by atoms with van der Waals surface area (Å²) < 4.78 is 2.07. The van der Waals surface area contributed by atoms with Crippen LogP contribution in [0.2, 0.25) is 0 Å². The van der Waals surface area contributed by atoms with Crippen LogP contribution in [0.15, 0.2) is 79.5 Å². The summed E-state index contributed by atoms with van der Waals surface area (Å²) in [7, 11) is 0. The van der Waals surface area contributed by atoms with Gasteiger partial charge in [-0.2, -0.15) is 0 Å². The lowest BCUT2D eigenvalue weighted by atomic mass is 10.1. The number of amides is 1. The highest BCUT2D eigenvalue weighted by molar-refractivity contribution is 5.93. The summed E-state index contributed by atoms with van der Waals surface area (Å²) in [5.41, 5.74) is 6.85. The molecule has 4 heterocycles.